The van der Waals surface area contributed by atoms with Crippen LogP contribution in [0.1, 0.15) is 21.6 Å². The standard InChI is InChI=1S/C15H11ClN2O2/c1-9-3-2-4-12-13(9)18(15(20)14(12)19)8-11-7-10(16)5-6-17-11/h2-7H,8H2,1H3. The number of aryl methyl sites for hydroxylation is 1. The second-order valence-electron chi connectivity index (χ2n) is 4.66. The van der Waals surface area contributed by atoms with Gasteiger partial charge in [-0.3, -0.25) is 19.5 Å². The van der Waals surface area contributed by atoms with Crippen molar-refractivity contribution in [1.82, 2.24) is 4.98 Å². The number of hydrogen-bond donors (Lipinski definition) is 0. The van der Waals surface area contributed by atoms with Crippen molar-refractivity contribution in [3.63, 3.8) is 0 Å². The van der Waals surface area contributed by atoms with Crippen molar-refractivity contribution in [3.05, 3.63) is 58.4 Å². The molecular formula is C15H11ClN2O2. The van der Waals surface area contributed by atoms with Crippen LogP contribution in [-0.4, -0.2) is 16.7 Å². The number of anilines is 1. The van der Waals surface area contributed by atoms with Crippen molar-refractivity contribution in [3.8, 4) is 0 Å². The van der Waals surface area contributed by atoms with Crippen molar-refractivity contribution >= 4 is 29.0 Å². The number of amides is 1. The number of hydrogen-bond acceptors (Lipinski definition) is 3. The number of benzene rings is 1. The Bertz CT molecular complexity index is 728. The quantitative estimate of drug-likeness (QED) is 0.798. The fourth-order valence-electron chi connectivity index (χ4n) is 2.39. The summed E-state index contributed by atoms with van der Waals surface area (Å²) in [6.45, 7) is 2.12. The SMILES string of the molecule is Cc1cccc2c1N(Cc1cc(Cl)ccn1)C(=O)C2=O. The lowest BCUT2D eigenvalue weighted by Crippen LogP contribution is -2.29. The number of pyridine rings is 1. The number of Topliss-reactive ketones (excluding diaryl/α,β-unsaturated/α-hetero) is 1. The van der Waals surface area contributed by atoms with Gasteiger partial charge >= 0.3 is 0 Å². The summed E-state index contributed by atoms with van der Waals surface area (Å²) < 4.78 is 0. The molecule has 0 saturated heterocycles. The molecule has 4 nitrogen and oxygen atoms in total. The molecule has 3 rings (SSSR count). The molecule has 0 spiro atoms. The maximum absolute atomic E-state index is 12.1. The van der Waals surface area contributed by atoms with Crippen LogP contribution in [0.5, 0.6) is 0 Å². The van der Waals surface area contributed by atoms with E-state index < -0.39 is 11.7 Å². The summed E-state index contributed by atoms with van der Waals surface area (Å²) in [5.41, 5.74) is 2.67. The number of carbonyl (C=O) groups excluding carboxylic acids is 2. The van der Waals surface area contributed by atoms with E-state index in [1.54, 1.807) is 30.5 Å². The maximum Gasteiger partial charge on any atom is 0.299 e. The highest BCUT2D eigenvalue weighted by Gasteiger charge is 2.36. The number of carbonyl (C=O) groups is 2. The lowest BCUT2D eigenvalue weighted by molar-refractivity contribution is -0.114. The van der Waals surface area contributed by atoms with Gasteiger partial charge < -0.3 is 0 Å². The zero-order chi connectivity index (χ0) is 14.3. The number of nitrogens with zero attached hydrogens (tertiary/aromatic N) is 2. The molecule has 0 atom stereocenters. The van der Waals surface area contributed by atoms with Crippen molar-refractivity contribution in [1.29, 1.82) is 0 Å². The van der Waals surface area contributed by atoms with Crippen LogP contribution >= 0.6 is 11.6 Å². The Kier molecular flexibility index (Phi) is 3.03. The molecule has 2 heterocycles. The van der Waals surface area contributed by atoms with E-state index in [1.807, 2.05) is 13.0 Å². The van der Waals surface area contributed by atoms with Crippen LogP contribution in [0, 0.1) is 6.92 Å². The summed E-state index contributed by atoms with van der Waals surface area (Å²) in [5.74, 6) is -0.984. The van der Waals surface area contributed by atoms with Crippen molar-refractivity contribution < 1.29 is 9.59 Å². The predicted octanol–water partition coefficient (Wildman–Crippen LogP) is 2.77. The van der Waals surface area contributed by atoms with Gasteiger partial charge in [-0.05, 0) is 30.7 Å². The topological polar surface area (TPSA) is 50.3 Å². The molecule has 0 radical (unpaired) electrons. The smallest absolute Gasteiger partial charge is 0.298 e. The molecule has 0 unspecified atom stereocenters. The molecule has 2 aromatic rings. The molecule has 1 aliphatic heterocycles. The Morgan fingerprint density at radius 3 is 2.80 bits per heavy atom. The summed E-state index contributed by atoms with van der Waals surface area (Å²) in [6, 6.07) is 8.69. The molecule has 0 saturated carbocycles. The van der Waals surface area contributed by atoms with Crippen LogP contribution < -0.4 is 4.90 Å². The maximum atomic E-state index is 12.1. The van der Waals surface area contributed by atoms with Gasteiger partial charge in [-0.2, -0.15) is 0 Å². The first-order valence-corrected chi connectivity index (χ1v) is 6.52. The fraction of sp³-hybridized carbons (Fsp3) is 0.133. The Balaban J connectivity index is 2.03. The third-order valence-electron chi connectivity index (χ3n) is 3.29. The monoisotopic (exact) mass is 286 g/mol. The van der Waals surface area contributed by atoms with E-state index in [4.69, 9.17) is 11.6 Å². The zero-order valence-corrected chi connectivity index (χ0v) is 11.5. The van der Waals surface area contributed by atoms with Crippen LogP contribution in [0.3, 0.4) is 0 Å². The molecule has 1 aromatic heterocycles. The highest BCUT2D eigenvalue weighted by atomic mass is 35.5. The summed E-state index contributed by atoms with van der Waals surface area (Å²) in [6.07, 6.45) is 1.58. The van der Waals surface area contributed by atoms with Gasteiger partial charge in [-0.15, -0.1) is 0 Å². The third kappa shape index (κ3) is 1.98. The van der Waals surface area contributed by atoms with Gasteiger partial charge in [0.05, 0.1) is 23.5 Å². The molecular weight excluding hydrogens is 276 g/mol. The first kappa shape index (κ1) is 12.8. The lowest BCUT2D eigenvalue weighted by atomic mass is 10.1. The fourth-order valence-corrected chi connectivity index (χ4v) is 2.57. The number of aromatic nitrogens is 1. The average molecular weight is 287 g/mol. The largest absolute Gasteiger partial charge is 0.299 e. The summed E-state index contributed by atoms with van der Waals surface area (Å²) in [5, 5.41) is 0.554. The van der Waals surface area contributed by atoms with Crippen LogP contribution in [0.15, 0.2) is 36.5 Å². The minimum absolute atomic E-state index is 0.239. The molecule has 0 bridgehead atoms. The van der Waals surface area contributed by atoms with Crippen molar-refractivity contribution in [2.24, 2.45) is 0 Å². The van der Waals surface area contributed by atoms with Gasteiger partial charge in [-0.25, -0.2) is 0 Å². The number of halogens is 1. The van der Waals surface area contributed by atoms with E-state index >= 15 is 0 Å². The number of ketones is 1. The molecule has 0 N–H and O–H groups in total. The highest BCUT2D eigenvalue weighted by Crippen LogP contribution is 2.33. The second kappa shape index (κ2) is 4.72. The summed E-state index contributed by atoms with van der Waals surface area (Å²) in [7, 11) is 0. The Labute approximate surface area is 121 Å². The minimum atomic E-state index is -0.518. The Hall–Kier alpha value is -2.20. The number of fused-ring (bicyclic) bond motifs is 1. The zero-order valence-electron chi connectivity index (χ0n) is 10.8. The number of rotatable bonds is 2. The lowest BCUT2D eigenvalue weighted by Gasteiger charge is -2.17. The van der Waals surface area contributed by atoms with Crippen LogP contribution in [0.25, 0.3) is 0 Å². The molecule has 1 aliphatic rings. The van der Waals surface area contributed by atoms with Gasteiger partial charge in [0.25, 0.3) is 11.7 Å². The van der Waals surface area contributed by atoms with E-state index in [0.29, 0.717) is 22.0 Å². The molecule has 1 amide bonds. The van der Waals surface area contributed by atoms with Crippen LogP contribution in [0.2, 0.25) is 5.02 Å². The molecule has 0 aliphatic carbocycles. The van der Waals surface area contributed by atoms with E-state index in [1.165, 1.54) is 4.90 Å². The van der Waals surface area contributed by atoms with Gasteiger partial charge in [0.1, 0.15) is 0 Å². The first-order chi connectivity index (χ1) is 9.58. The van der Waals surface area contributed by atoms with Crippen molar-refractivity contribution in [2.45, 2.75) is 13.5 Å². The van der Waals surface area contributed by atoms with Gasteiger partial charge in [0.2, 0.25) is 0 Å². The molecule has 1 aromatic carbocycles. The Morgan fingerprint density at radius 1 is 1.25 bits per heavy atom. The van der Waals surface area contributed by atoms with Gasteiger partial charge in [0.15, 0.2) is 0 Å². The van der Waals surface area contributed by atoms with Crippen LogP contribution in [-0.2, 0) is 11.3 Å². The van der Waals surface area contributed by atoms with E-state index in [2.05, 4.69) is 4.98 Å². The second-order valence-corrected chi connectivity index (χ2v) is 5.09. The van der Waals surface area contributed by atoms with E-state index in [9.17, 15) is 9.59 Å². The first-order valence-electron chi connectivity index (χ1n) is 6.14. The average Bonchev–Trinajstić information content (AvgIpc) is 2.66. The predicted molar refractivity (Wildman–Crippen MR) is 75.9 cm³/mol. The Morgan fingerprint density at radius 2 is 2.05 bits per heavy atom. The summed E-state index contributed by atoms with van der Waals surface area (Å²) >= 11 is 5.92. The normalized spacial score (nSPS) is 13.8. The molecule has 20 heavy (non-hydrogen) atoms. The van der Waals surface area contributed by atoms with Gasteiger partial charge in [0, 0.05) is 11.2 Å². The van der Waals surface area contributed by atoms with E-state index in [-0.39, 0.29) is 6.54 Å². The molecule has 5 heteroatoms. The van der Waals surface area contributed by atoms with Gasteiger partial charge in [-0.1, -0.05) is 23.7 Å². The molecule has 100 valence electrons. The molecule has 0 fully saturated rings. The summed E-state index contributed by atoms with van der Waals surface area (Å²) in [4.78, 5) is 29.7. The third-order valence-corrected chi connectivity index (χ3v) is 3.53. The number of para-hydroxylation sites is 1. The van der Waals surface area contributed by atoms with Crippen molar-refractivity contribution in [2.75, 3.05) is 4.90 Å². The highest BCUT2D eigenvalue weighted by molar-refractivity contribution is 6.52. The minimum Gasteiger partial charge on any atom is -0.298 e. The van der Waals surface area contributed by atoms with E-state index in [0.717, 1.165) is 5.56 Å². The van der Waals surface area contributed by atoms with Crippen LogP contribution in [0.4, 0.5) is 5.69 Å².